The van der Waals surface area contributed by atoms with Crippen LogP contribution in [-0.2, 0) is 20.1 Å². The van der Waals surface area contributed by atoms with E-state index in [1.807, 2.05) is 0 Å². The van der Waals surface area contributed by atoms with E-state index in [1.165, 1.54) is 17.0 Å². The summed E-state index contributed by atoms with van der Waals surface area (Å²) in [7, 11) is 1.76. The van der Waals surface area contributed by atoms with Crippen molar-refractivity contribution in [1.29, 1.82) is 0 Å². The Balaban J connectivity index is 1.50. The highest BCUT2D eigenvalue weighted by Crippen LogP contribution is 2.31. The topological polar surface area (TPSA) is 63.9 Å². The van der Waals surface area contributed by atoms with Gasteiger partial charge in [0.15, 0.2) is 5.65 Å². The predicted molar refractivity (Wildman–Crippen MR) is 102 cm³/mol. The van der Waals surface area contributed by atoms with Gasteiger partial charge in [-0.15, -0.1) is 0 Å². The summed E-state index contributed by atoms with van der Waals surface area (Å²) in [5.41, 5.74) is 2.48. The Labute approximate surface area is 164 Å². The van der Waals surface area contributed by atoms with Crippen LogP contribution in [0, 0.1) is 11.6 Å². The number of halogens is 2. The maximum Gasteiger partial charge on any atom is 0.256 e. The van der Waals surface area contributed by atoms with Gasteiger partial charge in [0.1, 0.15) is 11.6 Å². The van der Waals surface area contributed by atoms with Gasteiger partial charge in [0.05, 0.1) is 24.3 Å². The summed E-state index contributed by atoms with van der Waals surface area (Å²) in [6.45, 7) is 0.0715. The lowest BCUT2D eigenvalue weighted by Gasteiger charge is -2.17. The number of hydrogen-bond acceptors (Lipinski definition) is 4. The van der Waals surface area contributed by atoms with Crippen molar-refractivity contribution in [3.63, 3.8) is 0 Å². The number of carbonyl (C=O) groups is 1. The zero-order valence-electron chi connectivity index (χ0n) is 15.4. The SMILES string of the molecule is Cn1cc2c(-c3cc(F)c(CN4Cc5ncccc5C4=O)c(F)c3)ccnc2n1. The number of rotatable bonds is 3. The number of aryl methyl sites for hydroxylation is 1. The molecular formula is C21H15F2N5O. The molecular weight excluding hydrogens is 376 g/mol. The maximum atomic E-state index is 14.9. The van der Waals surface area contributed by atoms with Crippen LogP contribution in [0.3, 0.4) is 0 Å². The van der Waals surface area contributed by atoms with Crippen LogP contribution in [0.25, 0.3) is 22.2 Å². The number of amides is 1. The van der Waals surface area contributed by atoms with Crippen LogP contribution < -0.4 is 0 Å². The van der Waals surface area contributed by atoms with Gasteiger partial charge in [-0.05, 0) is 41.5 Å². The second-order valence-corrected chi connectivity index (χ2v) is 6.98. The van der Waals surface area contributed by atoms with E-state index >= 15 is 0 Å². The number of fused-ring (bicyclic) bond motifs is 2. The second kappa shape index (κ2) is 6.44. The zero-order chi connectivity index (χ0) is 20.1. The molecule has 4 aromatic rings. The van der Waals surface area contributed by atoms with Gasteiger partial charge >= 0.3 is 0 Å². The van der Waals surface area contributed by atoms with Crippen molar-refractivity contribution < 1.29 is 13.6 Å². The molecule has 0 unspecified atom stereocenters. The summed E-state index contributed by atoms with van der Waals surface area (Å²) < 4.78 is 31.4. The third-order valence-electron chi connectivity index (χ3n) is 5.09. The number of aromatic nitrogens is 4. The molecule has 0 aliphatic carbocycles. The molecule has 8 heteroatoms. The van der Waals surface area contributed by atoms with Gasteiger partial charge in [-0.1, -0.05) is 0 Å². The Morgan fingerprint density at radius 3 is 2.62 bits per heavy atom. The number of benzene rings is 1. The number of hydrogen-bond donors (Lipinski definition) is 0. The van der Waals surface area contributed by atoms with Gasteiger partial charge in [0.2, 0.25) is 0 Å². The predicted octanol–water partition coefficient (Wildman–Crippen LogP) is 3.46. The summed E-state index contributed by atoms with van der Waals surface area (Å²) >= 11 is 0. The molecule has 0 fully saturated rings. The third kappa shape index (κ3) is 2.84. The minimum atomic E-state index is -0.703. The monoisotopic (exact) mass is 391 g/mol. The minimum absolute atomic E-state index is 0.147. The second-order valence-electron chi connectivity index (χ2n) is 6.98. The molecule has 0 radical (unpaired) electrons. The first-order valence-electron chi connectivity index (χ1n) is 9.01. The van der Waals surface area contributed by atoms with Gasteiger partial charge in [-0.25, -0.2) is 13.8 Å². The lowest BCUT2D eigenvalue weighted by Crippen LogP contribution is -2.24. The van der Waals surface area contributed by atoms with Crippen molar-refractivity contribution in [2.45, 2.75) is 13.1 Å². The first-order valence-corrected chi connectivity index (χ1v) is 9.01. The van der Waals surface area contributed by atoms with Crippen molar-refractivity contribution in [1.82, 2.24) is 24.6 Å². The molecule has 0 N–H and O–H groups in total. The van der Waals surface area contributed by atoms with E-state index < -0.39 is 11.6 Å². The van der Waals surface area contributed by atoms with Gasteiger partial charge in [-0.2, -0.15) is 5.10 Å². The molecule has 0 bridgehead atoms. The van der Waals surface area contributed by atoms with Crippen LogP contribution in [0.15, 0.2) is 48.9 Å². The van der Waals surface area contributed by atoms with Crippen LogP contribution in [0.5, 0.6) is 0 Å². The molecule has 0 saturated heterocycles. The molecule has 1 amide bonds. The van der Waals surface area contributed by atoms with E-state index in [0.717, 1.165) is 0 Å². The molecule has 5 rings (SSSR count). The first kappa shape index (κ1) is 17.4. The highest BCUT2D eigenvalue weighted by molar-refractivity contribution is 5.97. The average Bonchev–Trinajstić information content (AvgIpc) is 3.23. The van der Waals surface area contributed by atoms with Crippen LogP contribution in [0.1, 0.15) is 21.6 Å². The third-order valence-corrected chi connectivity index (χ3v) is 5.09. The Bertz CT molecular complexity index is 1260. The van der Waals surface area contributed by atoms with E-state index in [2.05, 4.69) is 15.1 Å². The molecule has 0 saturated carbocycles. The average molecular weight is 391 g/mol. The molecule has 29 heavy (non-hydrogen) atoms. The molecule has 3 aromatic heterocycles. The molecule has 0 spiro atoms. The first-order chi connectivity index (χ1) is 14.0. The van der Waals surface area contributed by atoms with Crippen molar-refractivity contribution in [2.24, 2.45) is 7.05 Å². The molecule has 1 aliphatic heterocycles. The van der Waals surface area contributed by atoms with Gasteiger partial charge < -0.3 is 4.90 Å². The minimum Gasteiger partial charge on any atom is -0.328 e. The van der Waals surface area contributed by atoms with Crippen LogP contribution in [0.2, 0.25) is 0 Å². The molecule has 6 nitrogen and oxygen atoms in total. The normalized spacial score (nSPS) is 13.3. The highest BCUT2D eigenvalue weighted by atomic mass is 19.1. The smallest absolute Gasteiger partial charge is 0.256 e. The fraction of sp³-hybridized carbons (Fsp3) is 0.143. The molecule has 4 heterocycles. The molecule has 1 aromatic carbocycles. The van der Waals surface area contributed by atoms with Crippen LogP contribution in [0.4, 0.5) is 8.78 Å². The Hall–Kier alpha value is -3.68. The Morgan fingerprint density at radius 1 is 1.07 bits per heavy atom. The number of carbonyl (C=O) groups excluding carboxylic acids is 1. The van der Waals surface area contributed by atoms with Gasteiger partial charge in [-0.3, -0.25) is 14.5 Å². The van der Waals surface area contributed by atoms with Gasteiger partial charge in [0, 0.05) is 36.6 Å². The summed E-state index contributed by atoms with van der Waals surface area (Å²) in [6.07, 6.45) is 4.91. The maximum absolute atomic E-state index is 14.9. The number of pyridine rings is 2. The summed E-state index contributed by atoms with van der Waals surface area (Å²) in [6, 6.07) is 7.61. The number of nitrogens with zero attached hydrogens (tertiary/aromatic N) is 5. The van der Waals surface area contributed by atoms with Crippen LogP contribution >= 0.6 is 0 Å². The Kier molecular flexibility index (Phi) is 3.87. The van der Waals surface area contributed by atoms with Gasteiger partial charge in [0.25, 0.3) is 5.91 Å². The van der Waals surface area contributed by atoms with E-state index in [9.17, 15) is 13.6 Å². The van der Waals surface area contributed by atoms with E-state index in [1.54, 1.807) is 48.5 Å². The van der Waals surface area contributed by atoms with E-state index in [0.29, 0.717) is 33.4 Å². The highest BCUT2D eigenvalue weighted by Gasteiger charge is 2.29. The summed E-state index contributed by atoms with van der Waals surface area (Å²) in [4.78, 5) is 22.2. The van der Waals surface area contributed by atoms with Crippen molar-refractivity contribution in [3.8, 4) is 11.1 Å². The lowest BCUT2D eigenvalue weighted by atomic mass is 10.0. The van der Waals surface area contributed by atoms with Crippen molar-refractivity contribution in [3.05, 3.63) is 77.4 Å². The fourth-order valence-electron chi connectivity index (χ4n) is 3.70. The molecule has 144 valence electrons. The largest absolute Gasteiger partial charge is 0.328 e. The molecule has 0 atom stereocenters. The Morgan fingerprint density at radius 2 is 1.86 bits per heavy atom. The molecule has 1 aliphatic rings. The van der Waals surface area contributed by atoms with E-state index in [-0.39, 0.29) is 24.6 Å². The van der Waals surface area contributed by atoms with Crippen molar-refractivity contribution >= 4 is 16.9 Å². The van der Waals surface area contributed by atoms with Crippen molar-refractivity contribution in [2.75, 3.05) is 0 Å². The van der Waals surface area contributed by atoms with Crippen LogP contribution in [-0.4, -0.2) is 30.6 Å². The quantitative estimate of drug-likeness (QED) is 0.537. The lowest BCUT2D eigenvalue weighted by molar-refractivity contribution is 0.0763. The standard InChI is InChI=1S/C21H15F2N5O/c1-27-9-15-13(4-6-25-20(15)26-27)12-7-17(22)16(18(23)8-12)10-28-11-19-14(21(28)29)3-2-5-24-19/h2-9H,10-11H2,1H3. The van der Waals surface area contributed by atoms with E-state index in [4.69, 9.17) is 0 Å². The summed E-state index contributed by atoms with van der Waals surface area (Å²) in [5.74, 6) is -1.68. The fourth-order valence-corrected chi connectivity index (χ4v) is 3.70. The summed E-state index contributed by atoms with van der Waals surface area (Å²) in [5, 5.41) is 4.93. The zero-order valence-corrected chi connectivity index (χ0v) is 15.4.